The van der Waals surface area contributed by atoms with Gasteiger partial charge in [-0.05, 0) is 104 Å². The molecule has 0 saturated carbocycles. The van der Waals surface area contributed by atoms with Crippen molar-refractivity contribution < 1.29 is 4.42 Å². The second kappa shape index (κ2) is 14.1. The lowest BCUT2D eigenvalue weighted by atomic mass is 9.67. The minimum absolute atomic E-state index is 0.525. The molecule has 0 radical (unpaired) electrons. The summed E-state index contributed by atoms with van der Waals surface area (Å²) < 4.78 is 6.57. The third-order valence-corrected chi connectivity index (χ3v) is 12.8. The predicted molar refractivity (Wildman–Crippen MR) is 254 cm³/mol. The minimum atomic E-state index is -0.525. The maximum Gasteiger partial charge on any atom is 0.143 e. The number of nitrogens with zero attached hydrogens (tertiary/aromatic N) is 1. The van der Waals surface area contributed by atoms with Crippen LogP contribution < -0.4 is 4.90 Å². The molecular weight excluding hydrogens is 739 g/mol. The molecule has 0 unspecified atom stereocenters. The van der Waals surface area contributed by atoms with E-state index in [0.29, 0.717) is 0 Å². The summed E-state index contributed by atoms with van der Waals surface area (Å²) in [7, 11) is 0. The molecule has 0 saturated heterocycles. The molecule has 286 valence electrons. The van der Waals surface area contributed by atoms with Gasteiger partial charge in [0.05, 0.1) is 11.1 Å². The fraction of sp³-hybridized carbons (Fsp3) is 0.0169. The monoisotopic (exact) mass is 777 g/mol. The largest absolute Gasteiger partial charge is 0.455 e. The Kier molecular flexibility index (Phi) is 8.11. The van der Waals surface area contributed by atoms with Crippen molar-refractivity contribution in [2.75, 3.05) is 4.90 Å². The smallest absolute Gasteiger partial charge is 0.143 e. The van der Waals surface area contributed by atoms with Gasteiger partial charge in [-0.25, -0.2) is 0 Å². The molecule has 2 heteroatoms. The van der Waals surface area contributed by atoms with E-state index in [1.54, 1.807) is 0 Å². The Labute approximate surface area is 355 Å². The van der Waals surface area contributed by atoms with Gasteiger partial charge in [0.2, 0.25) is 0 Å². The van der Waals surface area contributed by atoms with Crippen molar-refractivity contribution in [2.24, 2.45) is 0 Å². The molecule has 0 N–H and O–H groups in total. The fourth-order valence-corrected chi connectivity index (χ4v) is 10.0. The Bertz CT molecular complexity index is 3360. The lowest BCUT2D eigenvalue weighted by molar-refractivity contribution is 0.672. The van der Waals surface area contributed by atoms with E-state index in [1.807, 2.05) is 6.07 Å². The standard InChI is InChI=1S/C59H39NO/c1-4-16-40(17-5-1)41-30-33-46(34-31-41)60(56-26-14-11-22-48(56)43-29-28-42-32-36-52-51-24-12-15-27-57(51)61-58(52)53(42)38-43)47-35-37-50-49-23-10-13-25-54(49)59(55(50)39-47,44-18-6-2-7-19-44)45-20-8-3-9-21-45/h1-39H. The zero-order valence-corrected chi connectivity index (χ0v) is 33.4. The van der Waals surface area contributed by atoms with E-state index in [1.165, 1.54) is 44.5 Å². The molecule has 0 amide bonds. The van der Waals surface area contributed by atoms with Gasteiger partial charge in [-0.1, -0.05) is 188 Å². The molecule has 10 aromatic carbocycles. The Morgan fingerprint density at radius 3 is 1.69 bits per heavy atom. The van der Waals surface area contributed by atoms with Crippen molar-refractivity contribution in [3.8, 4) is 33.4 Å². The Hall–Kier alpha value is -7.94. The molecule has 1 aromatic heterocycles. The first-order valence-electron chi connectivity index (χ1n) is 21.0. The summed E-state index contributed by atoms with van der Waals surface area (Å²) in [5, 5.41) is 4.52. The van der Waals surface area contributed by atoms with Crippen molar-refractivity contribution in [3.05, 3.63) is 259 Å². The Morgan fingerprint density at radius 2 is 0.918 bits per heavy atom. The molecule has 2 nitrogen and oxygen atoms in total. The number of fused-ring (bicyclic) bond motifs is 8. The third kappa shape index (κ3) is 5.50. The molecule has 0 spiro atoms. The van der Waals surface area contributed by atoms with E-state index in [9.17, 15) is 0 Å². The lowest BCUT2D eigenvalue weighted by Gasteiger charge is -2.35. The van der Waals surface area contributed by atoms with Gasteiger partial charge >= 0.3 is 0 Å². The summed E-state index contributed by atoms with van der Waals surface area (Å²) >= 11 is 0. The number of hydrogen-bond donors (Lipinski definition) is 0. The predicted octanol–water partition coefficient (Wildman–Crippen LogP) is 15.9. The number of furan rings is 1. The number of hydrogen-bond acceptors (Lipinski definition) is 2. The topological polar surface area (TPSA) is 16.4 Å². The maximum atomic E-state index is 6.57. The highest BCUT2D eigenvalue weighted by molar-refractivity contribution is 6.15. The summed E-state index contributed by atoms with van der Waals surface area (Å²) in [5.41, 5.74) is 16.8. The molecule has 1 aliphatic carbocycles. The van der Waals surface area contributed by atoms with Crippen LogP contribution >= 0.6 is 0 Å². The first kappa shape index (κ1) is 35.0. The average Bonchev–Trinajstić information content (AvgIpc) is 3.87. The SMILES string of the molecule is c1ccc(-c2ccc(N(c3ccc4c(c3)C(c3ccccc3)(c3ccccc3)c3ccccc3-4)c3ccccc3-c3ccc4ccc5c6ccccc6oc5c4c3)cc2)cc1. The highest BCUT2D eigenvalue weighted by Crippen LogP contribution is 2.57. The second-order valence-electron chi connectivity index (χ2n) is 16.0. The summed E-state index contributed by atoms with van der Waals surface area (Å²) in [4.78, 5) is 2.44. The van der Waals surface area contributed by atoms with Gasteiger partial charge in [-0.2, -0.15) is 0 Å². The molecular formula is C59H39NO. The molecule has 0 bridgehead atoms. The van der Waals surface area contributed by atoms with Crippen molar-refractivity contribution in [1.82, 2.24) is 0 Å². The van der Waals surface area contributed by atoms with Crippen LogP contribution in [-0.4, -0.2) is 0 Å². The fourth-order valence-electron chi connectivity index (χ4n) is 10.0. The van der Waals surface area contributed by atoms with Gasteiger partial charge in [-0.15, -0.1) is 0 Å². The van der Waals surface area contributed by atoms with Crippen LogP contribution in [0.25, 0.3) is 66.1 Å². The van der Waals surface area contributed by atoms with E-state index in [-0.39, 0.29) is 0 Å². The van der Waals surface area contributed by atoms with Crippen LogP contribution in [-0.2, 0) is 5.41 Å². The Morgan fingerprint density at radius 1 is 0.344 bits per heavy atom. The number of benzene rings is 10. The molecule has 1 heterocycles. The van der Waals surface area contributed by atoms with Crippen LogP contribution in [0, 0.1) is 0 Å². The van der Waals surface area contributed by atoms with Gasteiger partial charge < -0.3 is 9.32 Å². The normalized spacial score (nSPS) is 12.7. The van der Waals surface area contributed by atoms with Crippen LogP contribution in [0.5, 0.6) is 0 Å². The Balaban J connectivity index is 1.10. The van der Waals surface area contributed by atoms with Crippen LogP contribution in [0.15, 0.2) is 241 Å². The third-order valence-electron chi connectivity index (χ3n) is 12.8. The van der Waals surface area contributed by atoms with Crippen LogP contribution in [0.3, 0.4) is 0 Å². The first-order chi connectivity index (χ1) is 30.3. The molecule has 11 aromatic rings. The quantitative estimate of drug-likeness (QED) is 0.160. The van der Waals surface area contributed by atoms with Gasteiger partial charge in [0.1, 0.15) is 11.2 Å². The molecule has 0 fully saturated rings. The van der Waals surface area contributed by atoms with E-state index in [4.69, 9.17) is 4.42 Å². The summed E-state index contributed by atoms with van der Waals surface area (Å²) in [6.07, 6.45) is 0. The highest BCUT2D eigenvalue weighted by atomic mass is 16.3. The molecule has 12 rings (SSSR count). The maximum absolute atomic E-state index is 6.57. The lowest BCUT2D eigenvalue weighted by Crippen LogP contribution is -2.28. The molecule has 61 heavy (non-hydrogen) atoms. The van der Waals surface area contributed by atoms with Crippen molar-refractivity contribution in [2.45, 2.75) is 5.41 Å². The molecule has 1 aliphatic rings. The number of rotatable bonds is 7. The van der Waals surface area contributed by atoms with Gasteiger partial charge in [0.25, 0.3) is 0 Å². The zero-order valence-electron chi connectivity index (χ0n) is 33.4. The van der Waals surface area contributed by atoms with Gasteiger partial charge in [-0.3, -0.25) is 0 Å². The summed E-state index contributed by atoms with van der Waals surface area (Å²) in [5.74, 6) is 0. The van der Waals surface area contributed by atoms with Crippen molar-refractivity contribution >= 4 is 49.8 Å². The zero-order chi connectivity index (χ0) is 40.3. The van der Waals surface area contributed by atoms with Crippen LogP contribution in [0.4, 0.5) is 17.1 Å². The van der Waals surface area contributed by atoms with E-state index in [0.717, 1.165) is 60.9 Å². The highest BCUT2D eigenvalue weighted by Gasteiger charge is 2.46. The van der Waals surface area contributed by atoms with Gasteiger partial charge in [0.15, 0.2) is 0 Å². The number of anilines is 3. The van der Waals surface area contributed by atoms with Crippen LogP contribution in [0.1, 0.15) is 22.3 Å². The summed E-state index contributed by atoms with van der Waals surface area (Å²) in [6, 6.07) is 86.1. The average molecular weight is 778 g/mol. The van der Waals surface area contributed by atoms with Gasteiger partial charge in [0, 0.05) is 33.1 Å². The summed E-state index contributed by atoms with van der Waals surface area (Å²) in [6.45, 7) is 0. The van der Waals surface area contributed by atoms with Crippen LogP contribution in [0.2, 0.25) is 0 Å². The number of para-hydroxylation sites is 2. The molecule has 0 atom stereocenters. The first-order valence-corrected chi connectivity index (χ1v) is 21.0. The minimum Gasteiger partial charge on any atom is -0.455 e. The van der Waals surface area contributed by atoms with E-state index >= 15 is 0 Å². The second-order valence-corrected chi connectivity index (χ2v) is 16.0. The van der Waals surface area contributed by atoms with Crippen molar-refractivity contribution in [1.29, 1.82) is 0 Å². The van der Waals surface area contributed by atoms with E-state index < -0.39 is 5.41 Å². The molecule has 0 aliphatic heterocycles. The van der Waals surface area contributed by atoms with E-state index in [2.05, 4.69) is 235 Å². The van der Waals surface area contributed by atoms with Crippen molar-refractivity contribution in [3.63, 3.8) is 0 Å².